The van der Waals surface area contributed by atoms with Crippen LogP contribution in [0.15, 0.2) is 12.2 Å². The van der Waals surface area contributed by atoms with Gasteiger partial charge in [0, 0.05) is 19.3 Å². The number of hydrogen-bond acceptors (Lipinski definition) is 3. The molecule has 22 heavy (non-hydrogen) atoms. The number of Topliss-reactive ketones (excluding diaryl/α,β-unsaturated/α-hetero) is 1. The normalized spacial score (nSPS) is 11.0. The molecule has 0 saturated heterocycles. The Balaban J connectivity index is 3.29. The lowest BCUT2D eigenvalue weighted by Gasteiger charge is -2.02. The van der Waals surface area contributed by atoms with Crippen LogP contribution in [-0.2, 0) is 14.3 Å². The lowest BCUT2D eigenvalue weighted by molar-refractivity contribution is -0.140. The van der Waals surface area contributed by atoms with Crippen molar-refractivity contribution in [2.24, 2.45) is 0 Å². The van der Waals surface area contributed by atoms with E-state index in [1.165, 1.54) is 26.4 Å². The van der Waals surface area contributed by atoms with E-state index in [4.69, 9.17) is 0 Å². The molecule has 0 aliphatic rings. The zero-order chi connectivity index (χ0) is 16.5. The molecule has 0 aliphatic carbocycles. The minimum Gasteiger partial charge on any atom is -0.469 e. The maximum Gasteiger partial charge on any atom is 0.305 e. The Kier molecular flexibility index (Phi) is 15.4. The molecule has 0 aliphatic heterocycles. The fourth-order valence-corrected chi connectivity index (χ4v) is 2.32. The number of ketones is 1. The average Bonchev–Trinajstić information content (AvgIpc) is 2.52. The van der Waals surface area contributed by atoms with Gasteiger partial charge in [-0.2, -0.15) is 0 Å². The van der Waals surface area contributed by atoms with Crippen molar-refractivity contribution >= 4 is 11.8 Å². The molecule has 0 fully saturated rings. The quantitative estimate of drug-likeness (QED) is 0.232. The van der Waals surface area contributed by atoms with Crippen LogP contribution < -0.4 is 0 Å². The highest BCUT2D eigenvalue weighted by molar-refractivity contribution is 5.78. The molecule has 0 unspecified atom stereocenters. The van der Waals surface area contributed by atoms with Crippen molar-refractivity contribution in [2.45, 2.75) is 90.4 Å². The summed E-state index contributed by atoms with van der Waals surface area (Å²) in [5.41, 5.74) is 0. The number of rotatable bonds is 15. The summed E-state index contributed by atoms with van der Waals surface area (Å²) in [7, 11) is 1.43. The lowest BCUT2D eigenvalue weighted by Crippen LogP contribution is -1.99. The second-order valence-electron chi connectivity index (χ2n) is 5.89. The summed E-state index contributed by atoms with van der Waals surface area (Å²) in [5.74, 6) is 0.274. The number of carbonyl (C=O) groups is 2. The Hall–Kier alpha value is -1.12. The third kappa shape index (κ3) is 15.3. The van der Waals surface area contributed by atoms with Gasteiger partial charge in [0.1, 0.15) is 5.78 Å². The topological polar surface area (TPSA) is 43.4 Å². The molecule has 0 amide bonds. The molecule has 0 rings (SSSR count). The number of esters is 1. The molecule has 0 N–H and O–H groups in total. The fraction of sp³-hybridized carbons (Fsp3) is 0.789. The Morgan fingerprint density at radius 3 is 1.95 bits per heavy atom. The minimum absolute atomic E-state index is 0.126. The van der Waals surface area contributed by atoms with Crippen molar-refractivity contribution in [3.8, 4) is 0 Å². The number of methoxy groups -OCH3 is 1. The Bertz CT molecular complexity index is 308. The second kappa shape index (κ2) is 16.3. The first-order valence-corrected chi connectivity index (χ1v) is 8.94. The standard InChI is InChI=1S/C19H34O3/c1-3-4-5-6-7-9-12-15-18(20)16-13-10-8-11-14-17-19(21)22-2/h6-7H,3-5,8-17H2,1-2H3/b7-6-. The monoisotopic (exact) mass is 310 g/mol. The van der Waals surface area contributed by atoms with Crippen LogP contribution in [0, 0.1) is 0 Å². The average molecular weight is 310 g/mol. The molecule has 0 aromatic heterocycles. The molecular formula is C19H34O3. The van der Waals surface area contributed by atoms with E-state index in [1.54, 1.807) is 0 Å². The number of allylic oxidation sites excluding steroid dienone is 2. The van der Waals surface area contributed by atoms with Crippen molar-refractivity contribution in [2.75, 3.05) is 7.11 Å². The van der Waals surface area contributed by atoms with E-state index >= 15 is 0 Å². The van der Waals surface area contributed by atoms with Gasteiger partial charge in [0.15, 0.2) is 0 Å². The third-order valence-corrected chi connectivity index (χ3v) is 3.78. The minimum atomic E-state index is -0.126. The molecule has 0 bridgehead atoms. The molecule has 0 spiro atoms. The first kappa shape index (κ1) is 20.9. The van der Waals surface area contributed by atoms with Crippen LogP contribution in [0.3, 0.4) is 0 Å². The summed E-state index contributed by atoms with van der Waals surface area (Å²) >= 11 is 0. The molecule has 3 heteroatoms. The number of carbonyl (C=O) groups excluding carboxylic acids is 2. The largest absolute Gasteiger partial charge is 0.469 e. The molecule has 0 aromatic rings. The summed E-state index contributed by atoms with van der Waals surface area (Å²) < 4.78 is 4.60. The van der Waals surface area contributed by atoms with Gasteiger partial charge in [-0.15, -0.1) is 0 Å². The van der Waals surface area contributed by atoms with Crippen molar-refractivity contribution in [3.63, 3.8) is 0 Å². The van der Waals surface area contributed by atoms with Crippen LogP contribution in [-0.4, -0.2) is 18.9 Å². The summed E-state index contributed by atoms with van der Waals surface area (Å²) in [5, 5.41) is 0. The SMILES string of the molecule is CCCC/C=C\CCCC(=O)CCCCCCCC(=O)OC. The third-order valence-electron chi connectivity index (χ3n) is 3.78. The van der Waals surface area contributed by atoms with E-state index in [0.717, 1.165) is 57.8 Å². The van der Waals surface area contributed by atoms with Crippen LogP contribution in [0.25, 0.3) is 0 Å². The van der Waals surface area contributed by atoms with E-state index in [-0.39, 0.29) is 5.97 Å². The zero-order valence-corrected chi connectivity index (χ0v) is 14.6. The van der Waals surface area contributed by atoms with Crippen molar-refractivity contribution in [1.82, 2.24) is 0 Å². The molecular weight excluding hydrogens is 276 g/mol. The van der Waals surface area contributed by atoms with Gasteiger partial charge in [0.2, 0.25) is 0 Å². The highest BCUT2D eigenvalue weighted by atomic mass is 16.5. The van der Waals surface area contributed by atoms with Crippen LogP contribution in [0.2, 0.25) is 0 Å². The smallest absolute Gasteiger partial charge is 0.305 e. The fourth-order valence-electron chi connectivity index (χ4n) is 2.32. The van der Waals surface area contributed by atoms with Gasteiger partial charge in [-0.05, 0) is 32.1 Å². The lowest BCUT2D eigenvalue weighted by atomic mass is 10.0. The molecule has 128 valence electrons. The van der Waals surface area contributed by atoms with Crippen LogP contribution in [0.4, 0.5) is 0 Å². The van der Waals surface area contributed by atoms with Crippen LogP contribution in [0.5, 0.6) is 0 Å². The number of unbranched alkanes of at least 4 members (excludes halogenated alkanes) is 7. The molecule has 0 radical (unpaired) electrons. The first-order valence-electron chi connectivity index (χ1n) is 8.94. The Morgan fingerprint density at radius 1 is 0.773 bits per heavy atom. The first-order chi connectivity index (χ1) is 10.7. The highest BCUT2D eigenvalue weighted by Gasteiger charge is 2.02. The molecule has 0 saturated carbocycles. The van der Waals surface area contributed by atoms with E-state index < -0.39 is 0 Å². The summed E-state index contributed by atoms with van der Waals surface area (Å²) in [6, 6.07) is 0. The maximum absolute atomic E-state index is 11.7. The van der Waals surface area contributed by atoms with Crippen molar-refractivity contribution in [3.05, 3.63) is 12.2 Å². The van der Waals surface area contributed by atoms with E-state index in [0.29, 0.717) is 12.2 Å². The van der Waals surface area contributed by atoms with E-state index in [1.807, 2.05) is 0 Å². The highest BCUT2D eigenvalue weighted by Crippen LogP contribution is 2.10. The van der Waals surface area contributed by atoms with E-state index in [2.05, 4.69) is 23.8 Å². The number of ether oxygens (including phenoxy) is 1. The van der Waals surface area contributed by atoms with Gasteiger partial charge in [0.05, 0.1) is 7.11 Å². The predicted molar refractivity (Wildman–Crippen MR) is 91.9 cm³/mol. The van der Waals surface area contributed by atoms with E-state index in [9.17, 15) is 9.59 Å². The predicted octanol–water partition coefficient (Wildman–Crippen LogP) is 5.38. The molecule has 0 aromatic carbocycles. The molecule has 3 nitrogen and oxygen atoms in total. The van der Waals surface area contributed by atoms with Gasteiger partial charge in [-0.1, -0.05) is 51.2 Å². The summed E-state index contributed by atoms with van der Waals surface area (Å²) in [6.07, 6.45) is 17.2. The van der Waals surface area contributed by atoms with Crippen molar-refractivity contribution in [1.29, 1.82) is 0 Å². The van der Waals surface area contributed by atoms with Gasteiger partial charge in [-0.25, -0.2) is 0 Å². The van der Waals surface area contributed by atoms with Gasteiger partial charge < -0.3 is 4.74 Å². The maximum atomic E-state index is 11.7. The second-order valence-corrected chi connectivity index (χ2v) is 5.89. The Labute approximate surface area is 136 Å². The van der Waals surface area contributed by atoms with Crippen LogP contribution >= 0.6 is 0 Å². The molecule has 0 atom stereocenters. The van der Waals surface area contributed by atoms with Gasteiger partial charge in [0.25, 0.3) is 0 Å². The van der Waals surface area contributed by atoms with Crippen molar-refractivity contribution < 1.29 is 14.3 Å². The zero-order valence-electron chi connectivity index (χ0n) is 14.6. The summed E-state index contributed by atoms with van der Waals surface area (Å²) in [4.78, 5) is 22.6. The molecule has 0 heterocycles. The Morgan fingerprint density at radius 2 is 1.32 bits per heavy atom. The van der Waals surface area contributed by atoms with Gasteiger partial charge in [-0.3, -0.25) is 9.59 Å². The number of hydrogen-bond donors (Lipinski definition) is 0. The van der Waals surface area contributed by atoms with Crippen LogP contribution in [0.1, 0.15) is 90.4 Å². The summed E-state index contributed by atoms with van der Waals surface area (Å²) in [6.45, 7) is 2.20. The van der Waals surface area contributed by atoms with Gasteiger partial charge >= 0.3 is 5.97 Å².